The van der Waals surface area contributed by atoms with E-state index in [1.807, 2.05) is 6.07 Å². The standard InChI is InChI=1S/C12H15BrO2/c1-7(14)9-5-8(12(2,3)4)6-10(13)11(9)15/h5-6,15H,1-4H3. The Hall–Kier alpha value is -0.830. The van der Waals surface area contributed by atoms with E-state index in [-0.39, 0.29) is 16.9 Å². The van der Waals surface area contributed by atoms with Gasteiger partial charge in [-0.1, -0.05) is 20.8 Å². The third-order valence-electron chi connectivity index (χ3n) is 2.31. The lowest BCUT2D eigenvalue weighted by atomic mass is 9.85. The van der Waals surface area contributed by atoms with Gasteiger partial charge in [0, 0.05) is 0 Å². The van der Waals surface area contributed by atoms with Gasteiger partial charge >= 0.3 is 0 Å². The first-order chi connectivity index (χ1) is 6.73. The minimum atomic E-state index is -0.126. The van der Waals surface area contributed by atoms with Gasteiger partial charge in [-0.3, -0.25) is 4.79 Å². The van der Waals surface area contributed by atoms with Gasteiger partial charge in [-0.25, -0.2) is 0 Å². The molecule has 1 aromatic carbocycles. The molecule has 3 heteroatoms. The molecule has 0 saturated heterocycles. The Labute approximate surface area is 98.4 Å². The highest BCUT2D eigenvalue weighted by atomic mass is 79.9. The molecule has 0 unspecified atom stereocenters. The van der Waals surface area contributed by atoms with Crippen LogP contribution in [0.5, 0.6) is 5.75 Å². The fourth-order valence-electron chi connectivity index (χ4n) is 1.30. The van der Waals surface area contributed by atoms with Gasteiger partial charge in [-0.15, -0.1) is 0 Å². The van der Waals surface area contributed by atoms with Gasteiger partial charge in [-0.2, -0.15) is 0 Å². The van der Waals surface area contributed by atoms with Crippen molar-refractivity contribution in [2.24, 2.45) is 0 Å². The van der Waals surface area contributed by atoms with E-state index in [0.29, 0.717) is 10.0 Å². The zero-order chi connectivity index (χ0) is 11.8. The maximum absolute atomic E-state index is 11.3. The molecule has 0 heterocycles. The number of rotatable bonds is 1. The summed E-state index contributed by atoms with van der Waals surface area (Å²) in [6.07, 6.45) is 0. The molecule has 0 spiro atoms. The molecule has 0 radical (unpaired) electrons. The van der Waals surface area contributed by atoms with E-state index >= 15 is 0 Å². The van der Waals surface area contributed by atoms with Crippen LogP contribution in [0.1, 0.15) is 43.6 Å². The average Bonchev–Trinajstić information content (AvgIpc) is 2.06. The first-order valence-corrected chi connectivity index (χ1v) is 5.56. The van der Waals surface area contributed by atoms with Crippen LogP contribution in [0.15, 0.2) is 16.6 Å². The van der Waals surface area contributed by atoms with Gasteiger partial charge in [0.15, 0.2) is 5.78 Å². The van der Waals surface area contributed by atoms with Crippen molar-refractivity contribution in [2.45, 2.75) is 33.1 Å². The van der Waals surface area contributed by atoms with Gasteiger partial charge in [0.05, 0.1) is 10.0 Å². The van der Waals surface area contributed by atoms with Gasteiger partial charge in [0.25, 0.3) is 0 Å². The lowest BCUT2D eigenvalue weighted by Gasteiger charge is -2.20. The molecule has 2 nitrogen and oxygen atoms in total. The van der Waals surface area contributed by atoms with Crippen LogP contribution in [0.2, 0.25) is 0 Å². The molecule has 0 saturated carbocycles. The van der Waals surface area contributed by atoms with Gasteiger partial charge in [0.2, 0.25) is 0 Å². The topological polar surface area (TPSA) is 37.3 Å². The quantitative estimate of drug-likeness (QED) is 0.791. The van der Waals surface area contributed by atoms with Gasteiger partial charge in [0.1, 0.15) is 5.75 Å². The minimum absolute atomic E-state index is 0.0236. The number of phenolic OH excluding ortho intramolecular Hbond substituents is 1. The van der Waals surface area contributed by atoms with Crippen molar-refractivity contribution in [1.82, 2.24) is 0 Å². The molecule has 0 fully saturated rings. The molecule has 0 aliphatic rings. The zero-order valence-corrected chi connectivity index (χ0v) is 11.0. The van der Waals surface area contributed by atoms with E-state index in [0.717, 1.165) is 5.56 Å². The number of hydrogen-bond donors (Lipinski definition) is 1. The zero-order valence-electron chi connectivity index (χ0n) is 9.39. The first-order valence-electron chi connectivity index (χ1n) is 4.77. The molecule has 0 atom stereocenters. The van der Waals surface area contributed by atoms with Crippen molar-refractivity contribution in [3.8, 4) is 5.75 Å². The second-order valence-electron chi connectivity index (χ2n) is 4.66. The second kappa shape index (κ2) is 3.97. The van der Waals surface area contributed by atoms with Crippen molar-refractivity contribution >= 4 is 21.7 Å². The van der Waals surface area contributed by atoms with Crippen LogP contribution in [-0.2, 0) is 5.41 Å². The number of carbonyl (C=O) groups is 1. The number of hydrogen-bond acceptors (Lipinski definition) is 2. The SMILES string of the molecule is CC(=O)c1cc(C(C)(C)C)cc(Br)c1O. The van der Waals surface area contributed by atoms with E-state index in [1.54, 1.807) is 6.07 Å². The van der Waals surface area contributed by atoms with Crippen LogP contribution < -0.4 is 0 Å². The molecule has 1 N–H and O–H groups in total. The summed E-state index contributed by atoms with van der Waals surface area (Å²) in [6.45, 7) is 7.65. The highest BCUT2D eigenvalue weighted by molar-refractivity contribution is 9.10. The summed E-state index contributed by atoms with van der Waals surface area (Å²) < 4.78 is 0.570. The molecule has 1 aromatic rings. The normalized spacial score (nSPS) is 11.5. The van der Waals surface area contributed by atoms with E-state index in [2.05, 4.69) is 36.7 Å². The first kappa shape index (κ1) is 12.2. The summed E-state index contributed by atoms with van der Waals surface area (Å²) in [5, 5.41) is 9.69. The molecule has 0 aromatic heterocycles. The van der Waals surface area contributed by atoms with Gasteiger partial charge in [-0.05, 0) is 46.0 Å². The van der Waals surface area contributed by atoms with E-state index in [1.165, 1.54) is 6.92 Å². The average molecular weight is 271 g/mol. The fourth-order valence-corrected chi connectivity index (χ4v) is 1.76. The van der Waals surface area contributed by atoms with E-state index in [9.17, 15) is 9.90 Å². The highest BCUT2D eigenvalue weighted by Gasteiger charge is 2.19. The molecule has 0 amide bonds. The third kappa shape index (κ3) is 2.59. The summed E-state index contributed by atoms with van der Waals surface area (Å²) in [5.41, 5.74) is 1.35. The molecular weight excluding hydrogens is 256 g/mol. The molecule has 0 bridgehead atoms. The number of phenols is 1. The smallest absolute Gasteiger partial charge is 0.163 e. The molecule has 0 aliphatic heterocycles. The summed E-state index contributed by atoms with van der Waals surface area (Å²) in [7, 11) is 0. The number of ketones is 1. The number of aromatic hydroxyl groups is 1. The number of benzene rings is 1. The van der Waals surface area contributed by atoms with Crippen LogP contribution in [0, 0.1) is 0 Å². The Morgan fingerprint density at radius 3 is 2.27 bits per heavy atom. The Kier molecular flexibility index (Phi) is 3.24. The minimum Gasteiger partial charge on any atom is -0.506 e. The fraction of sp³-hybridized carbons (Fsp3) is 0.417. The van der Waals surface area contributed by atoms with E-state index < -0.39 is 0 Å². The van der Waals surface area contributed by atoms with Crippen LogP contribution in [0.3, 0.4) is 0 Å². The van der Waals surface area contributed by atoms with Crippen LogP contribution in [-0.4, -0.2) is 10.9 Å². The summed E-state index contributed by atoms with van der Waals surface area (Å²) in [4.78, 5) is 11.3. The lowest BCUT2D eigenvalue weighted by molar-refractivity contribution is 0.101. The molecular formula is C12H15BrO2. The maximum Gasteiger partial charge on any atom is 0.163 e. The monoisotopic (exact) mass is 270 g/mol. The largest absolute Gasteiger partial charge is 0.506 e. The van der Waals surface area contributed by atoms with Crippen molar-refractivity contribution in [2.75, 3.05) is 0 Å². The highest BCUT2D eigenvalue weighted by Crippen LogP contribution is 2.34. The second-order valence-corrected chi connectivity index (χ2v) is 5.51. The van der Waals surface area contributed by atoms with Crippen molar-refractivity contribution in [1.29, 1.82) is 0 Å². The number of carbonyl (C=O) groups excluding carboxylic acids is 1. The number of halogens is 1. The summed E-state index contributed by atoms with van der Waals surface area (Å²) in [5.74, 6) is -0.102. The lowest BCUT2D eigenvalue weighted by Crippen LogP contribution is -2.12. The van der Waals surface area contributed by atoms with Gasteiger partial charge < -0.3 is 5.11 Å². The Bertz CT molecular complexity index is 403. The molecule has 1 rings (SSSR count). The summed E-state index contributed by atoms with van der Waals surface area (Å²) in [6, 6.07) is 3.60. The van der Waals surface area contributed by atoms with Crippen molar-refractivity contribution < 1.29 is 9.90 Å². The predicted octanol–water partition coefficient (Wildman–Crippen LogP) is 3.65. The summed E-state index contributed by atoms with van der Waals surface area (Å²) >= 11 is 3.26. The molecule has 15 heavy (non-hydrogen) atoms. The van der Waals surface area contributed by atoms with Crippen LogP contribution in [0.4, 0.5) is 0 Å². The number of Topliss-reactive ketones (excluding diaryl/α,β-unsaturated/α-hetero) is 1. The molecule has 82 valence electrons. The third-order valence-corrected chi connectivity index (χ3v) is 2.91. The Morgan fingerprint density at radius 2 is 1.87 bits per heavy atom. The van der Waals surface area contributed by atoms with E-state index in [4.69, 9.17) is 0 Å². The predicted molar refractivity (Wildman–Crippen MR) is 64.5 cm³/mol. The van der Waals surface area contributed by atoms with Crippen molar-refractivity contribution in [3.05, 3.63) is 27.7 Å². The van der Waals surface area contributed by atoms with Crippen LogP contribution >= 0.6 is 15.9 Å². The van der Waals surface area contributed by atoms with Crippen LogP contribution in [0.25, 0.3) is 0 Å². The molecule has 0 aliphatic carbocycles. The Balaban J connectivity index is 3.43. The maximum atomic E-state index is 11.3. The Morgan fingerprint density at radius 1 is 1.33 bits per heavy atom. The van der Waals surface area contributed by atoms with Crippen molar-refractivity contribution in [3.63, 3.8) is 0 Å².